The lowest BCUT2D eigenvalue weighted by molar-refractivity contribution is -0.134. The lowest BCUT2D eigenvalue weighted by Gasteiger charge is -2.42. The van der Waals surface area contributed by atoms with Gasteiger partial charge >= 0.3 is 6.03 Å². The molecule has 2 aliphatic rings. The minimum atomic E-state index is -0.404. The first-order chi connectivity index (χ1) is 16.9. The molecule has 2 aromatic rings. The molecular formula is C26H32N4O5. The van der Waals surface area contributed by atoms with E-state index < -0.39 is 6.03 Å². The van der Waals surface area contributed by atoms with E-state index in [-0.39, 0.29) is 36.7 Å². The number of likely N-dealkylation sites (N-methyl/N-ethyl adjacent to an activating group) is 1. The van der Waals surface area contributed by atoms with Crippen LogP contribution in [0, 0.1) is 0 Å². The van der Waals surface area contributed by atoms with Crippen LogP contribution in [0.3, 0.4) is 0 Å². The average Bonchev–Trinajstić information content (AvgIpc) is 2.86. The minimum Gasteiger partial charge on any atom is -0.490 e. The van der Waals surface area contributed by atoms with Gasteiger partial charge < -0.3 is 30.3 Å². The molecule has 4 amide bonds. The molecule has 0 aliphatic carbocycles. The fraction of sp³-hybridized carbons (Fsp3) is 0.423. The third-order valence-electron chi connectivity index (χ3n) is 6.29. The lowest BCUT2D eigenvalue weighted by atomic mass is 9.94. The third-order valence-corrected chi connectivity index (χ3v) is 6.29. The molecule has 0 bridgehead atoms. The van der Waals surface area contributed by atoms with E-state index in [4.69, 9.17) is 9.47 Å². The Hall–Kier alpha value is -3.59. The van der Waals surface area contributed by atoms with Crippen LogP contribution < -0.4 is 20.7 Å². The maximum absolute atomic E-state index is 13.3. The van der Waals surface area contributed by atoms with Crippen LogP contribution in [0.1, 0.15) is 43.0 Å². The van der Waals surface area contributed by atoms with E-state index in [1.165, 1.54) is 0 Å². The smallest absolute Gasteiger partial charge is 0.323 e. The second-order valence-electron chi connectivity index (χ2n) is 8.88. The Bertz CT molecular complexity index is 1060. The van der Waals surface area contributed by atoms with E-state index in [9.17, 15) is 14.4 Å². The molecule has 3 N–H and O–H groups in total. The number of rotatable bonds is 6. The second-order valence-corrected chi connectivity index (χ2v) is 8.88. The molecule has 0 radical (unpaired) electrons. The Labute approximate surface area is 205 Å². The zero-order valence-electron chi connectivity index (χ0n) is 20.1. The van der Waals surface area contributed by atoms with Crippen LogP contribution in [0.25, 0.3) is 0 Å². The van der Waals surface area contributed by atoms with Gasteiger partial charge in [0, 0.05) is 25.0 Å². The van der Waals surface area contributed by atoms with Gasteiger partial charge in [-0.1, -0.05) is 25.1 Å². The highest BCUT2D eigenvalue weighted by Gasteiger charge is 2.39. The molecule has 4 rings (SSSR count). The van der Waals surface area contributed by atoms with E-state index >= 15 is 0 Å². The number of urea groups is 1. The van der Waals surface area contributed by atoms with E-state index in [2.05, 4.69) is 16.0 Å². The molecule has 0 unspecified atom stereocenters. The molecule has 0 aromatic heterocycles. The van der Waals surface area contributed by atoms with E-state index in [1.807, 2.05) is 25.1 Å². The van der Waals surface area contributed by atoms with Crippen LogP contribution in [0.2, 0.25) is 0 Å². The average molecular weight is 481 g/mol. The standard InChI is InChI=1S/C26H32N4O5/c1-3-13-27-24(31)15-19-10-11-21-23(35-19)16-34-22-12-9-18(14-20(22)25(32)30(21)2)29-26(33)28-17-7-5-4-6-8-17/h4-9,12,14,19,21,23H,3,10-11,13,15-16H2,1-2H3,(H,27,31)(H2,28,29,33)/t19-,21-,23-/m0/s1. The molecule has 1 fully saturated rings. The van der Waals surface area contributed by atoms with E-state index in [0.717, 1.165) is 12.8 Å². The molecule has 9 heteroatoms. The Morgan fingerprint density at radius 2 is 1.83 bits per heavy atom. The number of hydrogen-bond acceptors (Lipinski definition) is 5. The van der Waals surface area contributed by atoms with Crippen LogP contribution in [0.4, 0.5) is 16.2 Å². The SMILES string of the molecule is CCCNC(=O)C[C@@H]1CC[C@H]2[C@H](COc3ccc(NC(=O)Nc4ccccc4)cc3C(=O)N2C)O1. The van der Waals surface area contributed by atoms with Crippen LogP contribution in [-0.2, 0) is 9.53 Å². The number of hydrogen-bond donors (Lipinski definition) is 3. The lowest BCUT2D eigenvalue weighted by Crippen LogP contribution is -2.54. The molecule has 2 heterocycles. The summed E-state index contributed by atoms with van der Waals surface area (Å²) in [4.78, 5) is 39.5. The van der Waals surface area contributed by atoms with Gasteiger partial charge in [-0.25, -0.2) is 4.79 Å². The first-order valence-corrected chi connectivity index (χ1v) is 12.0. The summed E-state index contributed by atoms with van der Waals surface area (Å²) in [6.45, 7) is 2.93. The molecule has 186 valence electrons. The summed E-state index contributed by atoms with van der Waals surface area (Å²) in [6, 6.07) is 13.5. The van der Waals surface area contributed by atoms with Gasteiger partial charge in [-0.2, -0.15) is 0 Å². The second kappa shape index (κ2) is 11.2. The summed E-state index contributed by atoms with van der Waals surface area (Å²) < 4.78 is 12.2. The van der Waals surface area contributed by atoms with Crippen LogP contribution >= 0.6 is 0 Å². The monoisotopic (exact) mass is 480 g/mol. The third kappa shape index (κ3) is 6.10. The highest BCUT2D eigenvalue weighted by molar-refractivity contribution is 6.02. The van der Waals surface area contributed by atoms with Crippen molar-refractivity contribution in [1.29, 1.82) is 0 Å². The van der Waals surface area contributed by atoms with Crippen LogP contribution in [0.5, 0.6) is 5.75 Å². The van der Waals surface area contributed by atoms with Crippen molar-refractivity contribution in [3.8, 4) is 5.75 Å². The number of ether oxygens (including phenoxy) is 2. The Morgan fingerprint density at radius 1 is 1.06 bits per heavy atom. The maximum Gasteiger partial charge on any atom is 0.323 e. The number of anilines is 2. The summed E-state index contributed by atoms with van der Waals surface area (Å²) in [7, 11) is 1.76. The van der Waals surface area contributed by atoms with Crippen molar-refractivity contribution in [2.24, 2.45) is 0 Å². The predicted octanol–water partition coefficient (Wildman–Crippen LogP) is 3.63. The predicted molar refractivity (Wildman–Crippen MR) is 133 cm³/mol. The van der Waals surface area contributed by atoms with Crippen molar-refractivity contribution in [2.75, 3.05) is 30.8 Å². The Morgan fingerprint density at radius 3 is 2.60 bits per heavy atom. The fourth-order valence-corrected chi connectivity index (χ4v) is 4.46. The van der Waals surface area contributed by atoms with E-state index in [1.54, 1.807) is 42.3 Å². The van der Waals surface area contributed by atoms with Crippen molar-refractivity contribution in [3.63, 3.8) is 0 Å². The maximum atomic E-state index is 13.3. The number of para-hydroxylation sites is 1. The minimum absolute atomic E-state index is 0.0202. The van der Waals surface area contributed by atoms with Crippen molar-refractivity contribution in [1.82, 2.24) is 10.2 Å². The molecule has 2 aromatic carbocycles. The Balaban J connectivity index is 1.43. The molecular weight excluding hydrogens is 448 g/mol. The molecule has 0 saturated carbocycles. The number of nitrogens with one attached hydrogen (secondary N) is 3. The number of amides is 4. The van der Waals surface area contributed by atoms with Gasteiger partial charge in [0.2, 0.25) is 5.91 Å². The zero-order chi connectivity index (χ0) is 24.8. The van der Waals surface area contributed by atoms with Gasteiger partial charge in [0.1, 0.15) is 18.5 Å². The van der Waals surface area contributed by atoms with Crippen molar-refractivity contribution in [3.05, 3.63) is 54.1 Å². The van der Waals surface area contributed by atoms with Crippen molar-refractivity contribution in [2.45, 2.75) is 50.9 Å². The normalized spacial score (nSPS) is 21.5. The van der Waals surface area contributed by atoms with Gasteiger partial charge in [-0.15, -0.1) is 0 Å². The highest BCUT2D eigenvalue weighted by atomic mass is 16.5. The molecule has 1 saturated heterocycles. The number of fused-ring (bicyclic) bond motifs is 2. The number of benzene rings is 2. The molecule has 0 spiro atoms. The summed E-state index contributed by atoms with van der Waals surface area (Å²) in [5, 5.41) is 8.41. The van der Waals surface area contributed by atoms with Gasteiger partial charge in [-0.3, -0.25) is 9.59 Å². The quantitative estimate of drug-likeness (QED) is 0.585. The topological polar surface area (TPSA) is 109 Å². The van der Waals surface area contributed by atoms with Crippen LogP contribution in [0.15, 0.2) is 48.5 Å². The molecule has 9 nitrogen and oxygen atoms in total. The fourth-order valence-electron chi connectivity index (χ4n) is 4.46. The van der Waals surface area contributed by atoms with Gasteiger partial charge in [0.05, 0.1) is 24.1 Å². The zero-order valence-corrected chi connectivity index (χ0v) is 20.1. The van der Waals surface area contributed by atoms with E-state index in [0.29, 0.717) is 42.1 Å². The van der Waals surface area contributed by atoms with Crippen molar-refractivity contribution >= 4 is 29.2 Å². The summed E-state index contributed by atoms with van der Waals surface area (Å²) in [5.41, 5.74) is 1.53. The summed E-state index contributed by atoms with van der Waals surface area (Å²) in [5.74, 6) is 0.207. The molecule has 2 aliphatic heterocycles. The number of carbonyl (C=O) groups excluding carboxylic acids is 3. The van der Waals surface area contributed by atoms with Gasteiger partial charge in [-0.05, 0) is 49.6 Å². The van der Waals surface area contributed by atoms with Gasteiger partial charge in [0.25, 0.3) is 5.91 Å². The van der Waals surface area contributed by atoms with Gasteiger partial charge in [0.15, 0.2) is 0 Å². The molecule has 3 atom stereocenters. The summed E-state index contributed by atoms with van der Waals surface area (Å²) >= 11 is 0. The largest absolute Gasteiger partial charge is 0.490 e. The first-order valence-electron chi connectivity index (χ1n) is 12.0. The highest BCUT2D eigenvalue weighted by Crippen LogP contribution is 2.32. The summed E-state index contributed by atoms with van der Waals surface area (Å²) in [6.07, 6.45) is 2.06. The van der Waals surface area contributed by atoms with Crippen LogP contribution in [-0.4, -0.2) is 61.2 Å². The first kappa shape index (κ1) is 24.5. The molecule has 35 heavy (non-hydrogen) atoms. The number of nitrogens with zero attached hydrogens (tertiary/aromatic N) is 1. The number of carbonyl (C=O) groups is 3. The van der Waals surface area contributed by atoms with Crippen molar-refractivity contribution < 1.29 is 23.9 Å². The Kier molecular flexibility index (Phi) is 7.87.